The van der Waals surface area contributed by atoms with Crippen molar-refractivity contribution in [3.8, 4) is 0 Å². The first-order valence-electron chi connectivity index (χ1n) is 12.1. The number of hydrogen-bond donors (Lipinski definition) is 1. The third kappa shape index (κ3) is 3.58. The van der Waals surface area contributed by atoms with E-state index >= 15 is 0 Å². The molecule has 1 N–H and O–H groups in total. The average Bonchev–Trinajstić information content (AvgIpc) is 2.96. The highest BCUT2D eigenvalue weighted by Crippen LogP contribution is 2.65. The third-order valence-electron chi connectivity index (χ3n) is 9.90. The lowest BCUT2D eigenvalue weighted by molar-refractivity contribution is -0.112. The highest BCUT2D eigenvalue weighted by Gasteiger charge is 2.58. The van der Waals surface area contributed by atoms with Gasteiger partial charge in [-0.1, -0.05) is 43.6 Å². The Kier molecular flexibility index (Phi) is 5.83. The third-order valence-corrected chi connectivity index (χ3v) is 10.9. The number of hydrogen-bond acceptors (Lipinski definition) is 1. The van der Waals surface area contributed by atoms with Gasteiger partial charge in [0.15, 0.2) is 0 Å². The molecule has 27 heavy (non-hydrogen) atoms. The SMILES string of the molecule is CC(C)C[C@@]1(O)CC[C@H]2[C@H](CC[C@@H]3[C@@H]2CC[C@]2(C)[C@@H](C(C)CBr)CC[C@@H]32)C1. The van der Waals surface area contributed by atoms with Gasteiger partial charge in [0, 0.05) is 5.33 Å². The topological polar surface area (TPSA) is 20.2 Å². The number of aliphatic hydroxyl groups is 1. The maximum Gasteiger partial charge on any atom is 0.0653 e. The summed E-state index contributed by atoms with van der Waals surface area (Å²) in [6.07, 6.45) is 13.3. The molecule has 0 aromatic heterocycles. The van der Waals surface area contributed by atoms with Gasteiger partial charge in [-0.25, -0.2) is 0 Å². The smallest absolute Gasteiger partial charge is 0.0653 e. The van der Waals surface area contributed by atoms with Crippen molar-refractivity contribution in [3.63, 3.8) is 0 Å². The Hall–Kier alpha value is 0.440. The Morgan fingerprint density at radius 3 is 2.37 bits per heavy atom. The molecule has 9 atom stereocenters. The Balaban J connectivity index is 1.48. The second-order valence-corrected chi connectivity index (χ2v) is 12.5. The summed E-state index contributed by atoms with van der Waals surface area (Å²) in [5.41, 5.74) is 0.253. The molecule has 2 heteroatoms. The minimum atomic E-state index is -0.352. The molecule has 1 unspecified atom stereocenters. The Bertz CT molecular complexity index is 532. The van der Waals surface area contributed by atoms with E-state index in [1.807, 2.05) is 0 Å². The zero-order valence-electron chi connectivity index (χ0n) is 18.2. The normalized spacial score (nSPS) is 50.8. The summed E-state index contributed by atoms with van der Waals surface area (Å²) in [5, 5.41) is 12.4. The molecule has 4 fully saturated rings. The highest BCUT2D eigenvalue weighted by atomic mass is 79.9. The molecule has 4 aliphatic rings. The molecule has 0 amide bonds. The van der Waals surface area contributed by atoms with Gasteiger partial charge in [0.1, 0.15) is 0 Å². The number of rotatable bonds is 4. The van der Waals surface area contributed by atoms with Gasteiger partial charge in [-0.3, -0.25) is 0 Å². The molecule has 0 aromatic rings. The molecule has 156 valence electrons. The predicted molar refractivity (Wildman–Crippen MR) is 118 cm³/mol. The summed E-state index contributed by atoms with van der Waals surface area (Å²) in [4.78, 5) is 0. The van der Waals surface area contributed by atoms with Crippen molar-refractivity contribution in [3.05, 3.63) is 0 Å². The van der Waals surface area contributed by atoms with Gasteiger partial charge in [0.2, 0.25) is 0 Å². The van der Waals surface area contributed by atoms with Crippen molar-refractivity contribution in [1.29, 1.82) is 0 Å². The van der Waals surface area contributed by atoms with Crippen LogP contribution < -0.4 is 0 Å². The first kappa shape index (κ1) is 20.7. The molecule has 4 rings (SSSR count). The Morgan fingerprint density at radius 1 is 0.926 bits per heavy atom. The molecule has 0 heterocycles. The van der Waals surface area contributed by atoms with Crippen molar-refractivity contribution >= 4 is 15.9 Å². The Morgan fingerprint density at radius 2 is 1.67 bits per heavy atom. The lowest BCUT2D eigenvalue weighted by Crippen LogP contribution is -2.51. The van der Waals surface area contributed by atoms with Gasteiger partial charge in [0.05, 0.1) is 5.60 Å². The van der Waals surface area contributed by atoms with E-state index in [0.29, 0.717) is 11.3 Å². The summed E-state index contributed by atoms with van der Waals surface area (Å²) in [7, 11) is 0. The second kappa shape index (κ2) is 7.60. The largest absolute Gasteiger partial charge is 0.390 e. The van der Waals surface area contributed by atoms with E-state index in [9.17, 15) is 5.11 Å². The molecule has 0 bridgehead atoms. The van der Waals surface area contributed by atoms with Gasteiger partial charge >= 0.3 is 0 Å². The summed E-state index contributed by atoms with van der Waals surface area (Å²) in [6, 6.07) is 0. The van der Waals surface area contributed by atoms with Gasteiger partial charge in [0.25, 0.3) is 0 Å². The Labute approximate surface area is 176 Å². The number of fused-ring (bicyclic) bond motifs is 5. The fourth-order valence-electron chi connectivity index (χ4n) is 8.99. The van der Waals surface area contributed by atoms with Crippen LogP contribution in [-0.2, 0) is 0 Å². The quantitative estimate of drug-likeness (QED) is 0.465. The van der Waals surface area contributed by atoms with Crippen molar-refractivity contribution in [2.24, 2.45) is 52.8 Å². The van der Waals surface area contributed by atoms with Crippen molar-refractivity contribution in [2.45, 2.75) is 97.5 Å². The maximum atomic E-state index is 11.2. The molecule has 0 radical (unpaired) electrons. The van der Waals surface area contributed by atoms with Crippen LogP contribution in [0.1, 0.15) is 91.9 Å². The molecule has 0 aromatic carbocycles. The lowest BCUT2D eigenvalue weighted by atomic mass is 9.48. The fourth-order valence-corrected chi connectivity index (χ4v) is 9.44. The van der Waals surface area contributed by atoms with Crippen LogP contribution in [0.3, 0.4) is 0 Å². The summed E-state index contributed by atoms with van der Waals surface area (Å²) in [6.45, 7) is 9.69. The van der Waals surface area contributed by atoms with E-state index in [0.717, 1.165) is 60.7 Å². The zero-order chi connectivity index (χ0) is 19.4. The zero-order valence-corrected chi connectivity index (χ0v) is 19.8. The maximum absolute atomic E-state index is 11.2. The van der Waals surface area contributed by atoms with E-state index in [2.05, 4.69) is 43.6 Å². The van der Waals surface area contributed by atoms with E-state index < -0.39 is 0 Å². The molecular weight excluding hydrogens is 396 g/mol. The van der Waals surface area contributed by atoms with Crippen LogP contribution in [-0.4, -0.2) is 16.0 Å². The minimum absolute atomic E-state index is 0.352. The van der Waals surface area contributed by atoms with Crippen molar-refractivity contribution in [1.82, 2.24) is 0 Å². The summed E-state index contributed by atoms with van der Waals surface area (Å²) in [5.74, 6) is 7.07. The van der Waals surface area contributed by atoms with E-state index in [1.165, 1.54) is 50.3 Å². The molecule has 4 aliphatic carbocycles. The minimum Gasteiger partial charge on any atom is -0.390 e. The van der Waals surface area contributed by atoms with E-state index in [-0.39, 0.29) is 5.60 Å². The molecule has 0 aliphatic heterocycles. The lowest BCUT2D eigenvalue weighted by Gasteiger charge is -2.57. The summed E-state index contributed by atoms with van der Waals surface area (Å²) < 4.78 is 0. The predicted octanol–water partition coefficient (Wildman–Crippen LogP) is 7.06. The standard InChI is InChI=1S/C25H43BrO/c1-16(2)13-25(27)12-10-19-18(14-25)5-6-21-20(19)9-11-24(4)22(17(3)15-26)7-8-23(21)24/h16-23,27H,5-15H2,1-4H3/t17?,18-,19+,20-,21-,22-,23+,24-,25+/m1/s1. The van der Waals surface area contributed by atoms with Crippen LogP contribution in [0.4, 0.5) is 0 Å². The first-order valence-corrected chi connectivity index (χ1v) is 13.2. The molecule has 0 saturated heterocycles. The second-order valence-electron chi connectivity index (χ2n) is 11.9. The average molecular weight is 440 g/mol. The van der Waals surface area contributed by atoms with Crippen LogP contribution in [0, 0.1) is 52.8 Å². The van der Waals surface area contributed by atoms with Crippen LogP contribution in [0.2, 0.25) is 0 Å². The molecule has 4 saturated carbocycles. The molecular formula is C25H43BrO. The van der Waals surface area contributed by atoms with Crippen molar-refractivity contribution in [2.75, 3.05) is 5.33 Å². The fraction of sp³-hybridized carbons (Fsp3) is 1.00. The number of alkyl halides is 1. The summed E-state index contributed by atoms with van der Waals surface area (Å²) >= 11 is 3.78. The van der Waals surface area contributed by atoms with Crippen LogP contribution in [0.15, 0.2) is 0 Å². The molecule has 0 spiro atoms. The van der Waals surface area contributed by atoms with Crippen LogP contribution in [0.25, 0.3) is 0 Å². The molecule has 1 nitrogen and oxygen atoms in total. The highest BCUT2D eigenvalue weighted by molar-refractivity contribution is 9.09. The van der Waals surface area contributed by atoms with Gasteiger partial charge in [-0.2, -0.15) is 0 Å². The van der Waals surface area contributed by atoms with Gasteiger partial charge < -0.3 is 5.11 Å². The monoisotopic (exact) mass is 438 g/mol. The van der Waals surface area contributed by atoms with Crippen molar-refractivity contribution < 1.29 is 5.11 Å². The number of halogens is 1. The van der Waals surface area contributed by atoms with E-state index in [4.69, 9.17) is 0 Å². The van der Waals surface area contributed by atoms with Gasteiger partial charge in [-0.05, 0) is 117 Å². The van der Waals surface area contributed by atoms with E-state index in [1.54, 1.807) is 0 Å². The van der Waals surface area contributed by atoms with Gasteiger partial charge in [-0.15, -0.1) is 0 Å². The van der Waals surface area contributed by atoms with Crippen LogP contribution in [0.5, 0.6) is 0 Å². The van der Waals surface area contributed by atoms with Crippen LogP contribution >= 0.6 is 15.9 Å². The first-order chi connectivity index (χ1) is 12.8.